The molecule has 0 bridgehead atoms. The van der Waals surface area contributed by atoms with E-state index < -0.39 is 15.4 Å². The molecule has 0 aliphatic rings. The summed E-state index contributed by atoms with van der Waals surface area (Å²) in [6.07, 6.45) is 21.7. The summed E-state index contributed by atoms with van der Waals surface area (Å²) in [6.45, 7) is 3.75. The molecular weight excluding hydrogens is 395 g/mol. The summed E-state index contributed by atoms with van der Waals surface area (Å²) < 4.78 is 32.4. The average Bonchev–Trinajstić information content (AvgIpc) is 2.64. The first-order valence-corrected chi connectivity index (χ1v) is 13.5. The van der Waals surface area contributed by atoms with Crippen molar-refractivity contribution in [3.63, 3.8) is 0 Å². The predicted molar refractivity (Wildman–Crippen MR) is 119 cm³/mol. The molecule has 0 saturated heterocycles. The van der Waals surface area contributed by atoms with Gasteiger partial charge in [-0.2, -0.15) is 0 Å². The molecule has 0 aromatic heterocycles. The Balaban J connectivity index is 0. The largest absolute Gasteiger partial charge is 1.00 e. The molecule has 4 nitrogen and oxygen atoms in total. The molecule has 0 aromatic rings. The Kier molecular flexibility index (Phi) is 24.4. The number of aliphatic hydroxyl groups is 1. The second-order valence-electron chi connectivity index (χ2n) is 8.63. The van der Waals surface area contributed by atoms with E-state index in [0.29, 0.717) is 6.42 Å². The molecular formula is C23H47NaO4S. The zero-order chi connectivity index (χ0) is 21.1. The van der Waals surface area contributed by atoms with Gasteiger partial charge in [-0.1, -0.05) is 110 Å². The standard InChI is InChI=1S/C23H48O4S.Na/c1-3-4-5-6-14-17-20-23(24)21-18-15-12-10-8-7-9-11-13-16-19-22(2)28(25,26)27;/h22-24H,3-21H2,1-2H3,(H,25,26,27);/q;+1/p-1. The number of aliphatic hydroxyl groups excluding tert-OH is 1. The van der Waals surface area contributed by atoms with Crippen LogP contribution in [0.5, 0.6) is 0 Å². The van der Waals surface area contributed by atoms with Crippen LogP contribution in [0.4, 0.5) is 0 Å². The molecule has 1 N–H and O–H groups in total. The molecule has 0 saturated carbocycles. The van der Waals surface area contributed by atoms with Crippen molar-refractivity contribution >= 4 is 10.1 Å². The van der Waals surface area contributed by atoms with E-state index in [4.69, 9.17) is 0 Å². The smallest absolute Gasteiger partial charge is 0.748 e. The molecule has 170 valence electrons. The minimum Gasteiger partial charge on any atom is -0.748 e. The summed E-state index contributed by atoms with van der Waals surface area (Å²) in [5, 5.41) is 9.28. The van der Waals surface area contributed by atoms with Crippen molar-refractivity contribution in [1.29, 1.82) is 0 Å². The van der Waals surface area contributed by atoms with Gasteiger partial charge in [-0.3, -0.25) is 0 Å². The number of rotatable bonds is 21. The Morgan fingerprint density at radius 3 is 1.31 bits per heavy atom. The van der Waals surface area contributed by atoms with Crippen LogP contribution in [0.15, 0.2) is 0 Å². The van der Waals surface area contributed by atoms with E-state index in [1.165, 1.54) is 84.0 Å². The zero-order valence-corrected chi connectivity index (χ0v) is 22.5. The van der Waals surface area contributed by atoms with Crippen LogP contribution in [0.2, 0.25) is 0 Å². The third-order valence-electron chi connectivity index (χ3n) is 5.78. The van der Waals surface area contributed by atoms with Gasteiger partial charge in [0, 0.05) is 5.25 Å². The number of hydrogen-bond acceptors (Lipinski definition) is 4. The average molecular weight is 443 g/mol. The molecule has 0 aliphatic heterocycles. The predicted octanol–water partition coefficient (Wildman–Crippen LogP) is 3.72. The van der Waals surface area contributed by atoms with Crippen molar-refractivity contribution in [2.24, 2.45) is 0 Å². The van der Waals surface area contributed by atoms with E-state index in [1.54, 1.807) is 0 Å². The van der Waals surface area contributed by atoms with E-state index in [1.807, 2.05) is 0 Å². The van der Waals surface area contributed by atoms with E-state index in [0.717, 1.165) is 38.5 Å². The first kappa shape index (κ1) is 32.1. The molecule has 0 aromatic carbocycles. The van der Waals surface area contributed by atoms with Gasteiger partial charge in [0.15, 0.2) is 0 Å². The van der Waals surface area contributed by atoms with Gasteiger partial charge in [-0.25, -0.2) is 8.42 Å². The second-order valence-corrected chi connectivity index (χ2v) is 10.4. The molecule has 0 heterocycles. The quantitative estimate of drug-likeness (QED) is 0.167. The monoisotopic (exact) mass is 442 g/mol. The molecule has 0 radical (unpaired) electrons. The van der Waals surface area contributed by atoms with Gasteiger partial charge < -0.3 is 9.66 Å². The van der Waals surface area contributed by atoms with Crippen LogP contribution in [-0.4, -0.2) is 29.4 Å². The topological polar surface area (TPSA) is 77.4 Å². The van der Waals surface area contributed by atoms with E-state index in [2.05, 4.69) is 6.92 Å². The Morgan fingerprint density at radius 1 is 0.655 bits per heavy atom. The maximum Gasteiger partial charge on any atom is 1.00 e. The first-order valence-electron chi connectivity index (χ1n) is 12.0. The van der Waals surface area contributed by atoms with Gasteiger partial charge >= 0.3 is 29.6 Å². The van der Waals surface area contributed by atoms with Crippen LogP contribution in [-0.2, 0) is 10.1 Å². The summed E-state index contributed by atoms with van der Waals surface area (Å²) in [6, 6.07) is 0. The molecule has 6 heteroatoms. The number of hydrogen-bond donors (Lipinski definition) is 1. The summed E-state index contributed by atoms with van der Waals surface area (Å²) in [7, 11) is -4.10. The van der Waals surface area contributed by atoms with Gasteiger partial charge in [0.1, 0.15) is 0 Å². The molecule has 0 spiro atoms. The normalized spacial score (nSPS) is 13.8. The Hall–Kier alpha value is 0.870. The van der Waals surface area contributed by atoms with Crippen molar-refractivity contribution in [3.8, 4) is 0 Å². The van der Waals surface area contributed by atoms with Crippen molar-refractivity contribution in [3.05, 3.63) is 0 Å². The van der Waals surface area contributed by atoms with Gasteiger partial charge in [0.05, 0.1) is 16.2 Å². The van der Waals surface area contributed by atoms with Crippen LogP contribution >= 0.6 is 0 Å². The van der Waals surface area contributed by atoms with Crippen molar-refractivity contribution in [2.45, 2.75) is 147 Å². The molecule has 29 heavy (non-hydrogen) atoms. The van der Waals surface area contributed by atoms with E-state index in [-0.39, 0.29) is 35.7 Å². The van der Waals surface area contributed by atoms with Crippen LogP contribution < -0.4 is 29.6 Å². The Labute approximate surface area is 204 Å². The molecule has 2 unspecified atom stereocenters. The molecule has 2 atom stereocenters. The third kappa shape index (κ3) is 23.4. The molecule has 0 rings (SSSR count). The van der Waals surface area contributed by atoms with E-state index in [9.17, 15) is 18.1 Å². The van der Waals surface area contributed by atoms with Crippen molar-refractivity contribution in [1.82, 2.24) is 0 Å². The second kappa shape index (κ2) is 22.1. The molecule has 0 aliphatic carbocycles. The maximum absolute atomic E-state index is 10.8. The molecule has 0 amide bonds. The minimum atomic E-state index is -4.10. The van der Waals surface area contributed by atoms with Gasteiger partial charge in [0.2, 0.25) is 0 Å². The van der Waals surface area contributed by atoms with Gasteiger partial charge in [-0.05, 0) is 26.2 Å². The minimum absolute atomic E-state index is 0. The fourth-order valence-electron chi connectivity index (χ4n) is 3.67. The van der Waals surface area contributed by atoms with Crippen LogP contribution in [0.25, 0.3) is 0 Å². The SMILES string of the molecule is CCCCCCCCC(O)CCCCCCCCCCCCC(C)S(=O)(=O)[O-].[Na+]. The van der Waals surface area contributed by atoms with Crippen molar-refractivity contribution < 1.29 is 47.6 Å². The fraction of sp³-hybridized carbons (Fsp3) is 1.00. The maximum atomic E-state index is 10.8. The number of unbranched alkanes of at least 4 members (excludes halogenated alkanes) is 14. The first-order chi connectivity index (χ1) is 13.4. The van der Waals surface area contributed by atoms with Gasteiger partial charge in [0.25, 0.3) is 0 Å². The zero-order valence-electron chi connectivity index (χ0n) is 19.7. The van der Waals surface area contributed by atoms with E-state index >= 15 is 0 Å². The molecule has 0 fully saturated rings. The van der Waals surface area contributed by atoms with Crippen LogP contribution in [0.1, 0.15) is 136 Å². The Morgan fingerprint density at radius 2 is 0.966 bits per heavy atom. The fourth-order valence-corrected chi connectivity index (χ4v) is 4.13. The van der Waals surface area contributed by atoms with Crippen LogP contribution in [0.3, 0.4) is 0 Å². The summed E-state index contributed by atoms with van der Waals surface area (Å²) >= 11 is 0. The van der Waals surface area contributed by atoms with Gasteiger partial charge in [-0.15, -0.1) is 0 Å². The third-order valence-corrected chi connectivity index (χ3v) is 7.00. The summed E-state index contributed by atoms with van der Waals surface area (Å²) in [5.74, 6) is 0. The van der Waals surface area contributed by atoms with Crippen LogP contribution in [0, 0.1) is 0 Å². The summed E-state index contributed by atoms with van der Waals surface area (Å²) in [4.78, 5) is 0. The Bertz CT molecular complexity index is 429. The van der Waals surface area contributed by atoms with Crippen molar-refractivity contribution in [2.75, 3.05) is 0 Å². The summed E-state index contributed by atoms with van der Waals surface area (Å²) in [5.41, 5.74) is 0.